The van der Waals surface area contributed by atoms with Crippen molar-refractivity contribution in [2.24, 2.45) is 23.7 Å². The van der Waals surface area contributed by atoms with Gasteiger partial charge in [0.1, 0.15) is 77.7 Å². The van der Waals surface area contributed by atoms with Crippen LogP contribution in [0, 0.1) is 23.7 Å². The predicted octanol–water partition coefficient (Wildman–Crippen LogP) is 11.3. The fourth-order valence-electron chi connectivity index (χ4n) is 16.9. The van der Waals surface area contributed by atoms with Gasteiger partial charge in [-0.15, -0.1) is 0 Å². The summed E-state index contributed by atoms with van der Waals surface area (Å²) < 4.78 is 13.1. The zero-order valence-electron chi connectivity index (χ0n) is 83.2. The molecular formula is C107H143N13O16S. The highest BCUT2D eigenvalue weighted by atomic mass is 32.2. The number of thioether (sulfide) groups is 1. The summed E-state index contributed by atoms with van der Waals surface area (Å²) in [5.74, 6) is -10.1. The van der Waals surface area contributed by atoms with Crippen molar-refractivity contribution in [3.8, 4) is 0 Å². The Morgan fingerprint density at radius 1 is 0.387 bits per heavy atom. The third kappa shape index (κ3) is 31.2. The highest BCUT2D eigenvalue weighted by Gasteiger charge is 2.48. The molecule has 12 atom stereocenters. The first-order chi connectivity index (χ1) is 64.9. The molecule has 7 aromatic rings. The minimum absolute atomic E-state index is 0.0181. The molecule has 7 aromatic carbocycles. The van der Waals surface area contributed by atoms with Crippen molar-refractivity contribution in [1.82, 2.24) is 66.2 Å². The number of likely N-dealkylation sites (tertiary alicyclic amines) is 1. The molecule has 30 heteroatoms. The lowest BCUT2D eigenvalue weighted by atomic mass is 9.79. The van der Waals surface area contributed by atoms with Crippen molar-refractivity contribution < 1.29 is 76.6 Å². The molecular weight excluding hydrogens is 1760 g/mol. The Hall–Kier alpha value is -12.6. The van der Waals surface area contributed by atoms with Gasteiger partial charge in [-0.05, 0) is 136 Å². The molecule has 6 N–H and O–H groups in total. The first kappa shape index (κ1) is 110. The maximum absolute atomic E-state index is 16.5. The molecule has 0 aliphatic carbocycles. The van der Waals surface area contributed by atoms with Gasteiger partial charge in [0, 0.05) is 86.8 Å². The van der Waals surface area contributed by atoms with Crippen LogP contribution in [-0.4, -0.2) is 256 Å². The summed E-state index contributed by atoms with van der Waals surface area (Å²) in [5, 5.41) is 16.8. The maximum Gasteiger partial charge on any atom is 0.410 e. The summed E-state index contributed by atoms with van der Waals surface area (Å²) in [4.78, 5) is 219. The molecule has 0 radical (unpaired) electrons. The van der Waals surface area contributed by atoms with Gasteiger partial charge in [0.15, 0.2) is 5.12 Å². The SMILES string of the molecule is CC(C)C[C@@H](C(=O)N(C)[C@H](C(=O)N[C@@H](Cc1ccccc1)C(=O)N[C@@H](CC(=O)SCc1ccccc1)C(=O)N(C)[C@@H](Cc1ccccc1)C(=O)N[C@@H](C)C(=O)N1CCCCC1)C(C)C)N(C)C(=O)CNC(=O)[C@H](Cc1ccccc1)N(C)C(=O)[C@@H](NC(=O)[C@H](CC(C)C)N(C)C(=O)[C@@H](NC(=O)[C@H](C)N(C)C(=O)OC(C)(C)C)C(C)C)[C@@H](C)OC(c1ccccc1)(c1ccccc1)c1ccccc1. The molecule has 137 heavy (non-hydrogen) atoms. The number of nitrogens with zero attached hydrogens (tertiary/aromatic N) is 7. The largest absolute Gasteiger partial charge is 0.444 e. The van der Waals surface area contributed by atoms with Crippen molar-refractivity contribution in [1.29, 1.82) is 0 Å². The fraction of sp³-hybridized carbons (Fsp3) is 0.477. The van der Waals surface area contributed by atoms with E-state index in [0.29, 0.717) is 46.5 Å². The zero-order valence-corrected chi connectivity index (χ0v) is 84.0. The maximum atomic E-state index is 16.5. The van der Waals surface area contributed by atoms with Crippen LogP contribution in [-0.2, 0) is 102 Å². The van der Waals surface area contributed by atoms with Gasteiger partial charge in [-0.3, -0.25) is 67.2 Å². The minimum Gasteiger partial charge on any atom is -0.444 e. The van der Waals surface area contributed by atoms with Crippen molar-refractivity contribution in [2.75, 3.05) is 61.9 Å². The molecule has 8 rings (SSSR count). The van der Waals surface area contributed by atoms with Crippen molar-refractivity contribution in [2.45, 2.75) is 244 Å². The lowest BCUT2D eigenvalue weighted by Crippen LogP contribution is -2.63. The summed E-state index contributed by atoms with van der Waals surface area (Å²) in [6.45, 7) is 24.5. The Morgan fingerprint density at radius 2 is 0.796 bits per heavy atom. The van der Waals surface area contributed by atoms with Crippen LogP contribution in [0.25, 0.3) is 0 Å². The lowest BCUT2D eigenvalue weighted by molar-refractivity contribution is -0.151. The van der Waals surface area contributed by atoms with Crippen LogP contribution in [0.3, 0.4) is 0 Å². The van der Waals surface area contributed by atoms with Gasteiger partial charge in [-0.1, -0.05) is 279 Å². The number of carbonyl (C=O) groups excluding carboxylic acids is 14. The molecule has 0 spiro atoms. The molecule has 1 aliphatic heterocycles. The molecule has 1 saturated heterocycles. The monoisotopic (exact) mass is 1900 g/mol. The highest BCUT2D eigenvalue weighted by Crippen LogP contribution is 2.42. The topological polar surface area (TPSA) is 352 Å². The van der Waals surface area contributed by atoms with Gasteiger partial charge in [0.2, 0.25) is 70.9 Å². The van der Waals surface area contributed by atoms with E-state index in [1.807, 2.05) is 155 Å². The van der Waals surface area contributed by atoms with E-state index in [2.05, 4.69) is 31.9 Å². The second-order valence-corrected chi connectivity index (χ2v) is 39.3. The molecule has 0 bridgehead atoms. The van der Waals surface area contributed by atoms with Gasteiger partial charge >= 0.3 is 6.09 Å². The van der Waals surface area contributed by atoms with Gasteiger partial charge in [-0.25, -0.2) is 4.79 Å². The first-order valence-corrected chi connectivity index (χ1v) is 48.4. The van der Waals surface area contributed by atoms with Crippen molar-refractivity contribution in [3.63, 3.8) is 0 Å². The standard InChI is InChI=1S/C107H143N13O16S/c1-69(2)61-85(117(18)103(132)91(71(5)6)112-94(123)74(10)114(15)105(134)136-106(12,13)14)98(127)113-92(75(11)135-107(80-53-37-25-38-54-80,81-55-39-26-40-56-81)82-57-41-27-42-58-82)104(133)118(19)86(64-77-47-31-22-32-48-77)96(125)108-67-89(121)115(16)88(62-70(3)4)102(131)119(20)93(72(7)8)99(128)110-83(63-76-45-29-21-30-46-76)95(124)111-84(66-90(122)137-68-79-51-35-24-36-52-79)101(130)116(17)87(65-78-49-33-23-34-50-78)97(126)109-73(9)100(129)120-59-43-28-44-60-120/h21-27,29-42,45-58,69-75,83-88,91-93H,28,43-44,59-68H2,1-20H3,(H,108,125)(H,109,126)(H,110,128)(H,111,124)(H,112,123)(H,113,127)/t73-,74-,75+,83-,84-,85-,86-,87-,88-,91-,92-,93-/m0/s1. The summed E-state index contributed by atoms with van der Waals surface area (Å²) in [6.07, 6.45) is -0.243. The average molecular weight is 1900 g/mol. The summed E-state index contributed by atoms with van der Waals surface area (Å²) >= 11 is 0.934. The van der Waals surface area contributed by atoms with Crippen LogP contribution in [0.4, 0.5) is 4.79 Å². The molecule has 738 valence electrons. The number of hydrogen-bond donors (Lipinski definition) is 6. The van der Waals surface area contributed by atoms with Crippen molar-refractivity contribution in [3.05, 3.63) is 251 Å². The van der Waals surface area contributed by atoms with Crippen LogP contribution < -0.4 is 31.9 Å². The van der Waals surface area contributed by atoms with Crippen molar-refractivity contribution >= 4 is 93.9 Å². The predicted molar refractivity (Wildman–Crippen MR) is 531 cm³/mol. The summed E-state index contributed by atoms with van der Waals surface area (Å²) in [6, 6.07) is 49.1. The second-order valence-electron chi connectivity index (χ2n) is 38.3. The third-order valence-electron chi connectivity index (χ3n) is 24.9. The number of hydrogen-bond acceptors (Lipinski definition) is 17. The molecule has 29 nitrogen and oxygen atoms in total. The molecule has 0 saturated carbocycles. The van der Waals surface area contributed by atoms with E-state index < -0.39 is 185 Å². The van der Waals surface area contributed by atoms with E-state index in [0.717, 1.165) is 41.5 Å². The molecule has 1 heterocycles. The second kappa shape index (κ2) is 52.1. The van der Waals surface area contributed by atoms with Crippen LogP contribution in [0.5, 0.6) is 0 Å². The molecule has 1 aliphatic rings. The average Bonchev–Trinajstić information content (AvgIpc) is 0.747. The van der Waals surface area contributed by atoms with E-state index in [9.17, 15) is 24.0 Å². The smallest absolute Gasteiger partial charge is 0.410 e. The zero-order chi connectivity index (χ0) is 101. The van der Waals surface area contributed by atoms with E-state index in [4.69, 9.17) is 9.47 Å². The normalized spacial score (nSPS) is 14.9. The van der Waals surface area contributed by atoms with E-state index >= 15 is 43.2 Å². The lowest BCUT2D eigenvalue weighted by Gasteiger charge is -2.41. The minimum atomic E-state index is -1.69. The van der Waals surface area contributed by atoms with Crippen LogP contribution >= 0.6 is 11.8 Å². The number of ether oxygens (including phenoxy) is 2. The van der Waals surface area contributed by atoms with E-state index in [1.54, 1.807) is 152 Å². The summed E-state index contributed by atoms with van der Waals surface area (Å²) in [7, 11) is 8.48. The van der Waals surface area contributed by atoms with E-state index in [-0.39, 0.29) is 55.6 Å². The number of likely N-dealkylation sites (N-methyl/N-ethyl adjacent to an activating group) is 6. The third-order valence-corrected chi connectivity index (χ3v) is 25.8. The number of rotatable bonds is 46. The summed E-state index contributed by atoms with van der Waals surface area (Å²) in [5.41, 5.74) is 2.24. The number of carbonyl (C=O) groups is 14. The quantitative estimate of drug-likeness (QED) is 0.0193. The fourth-order valence-corrected chi connectivity index (χ4v) is 17.7. The van der Waals surface area contributed by atoms with Crippen LogP contribution in [0.1, 0.15) is 174 Å². The van der Waals surface area contributed by atoms with Gasteiger partial charge in [-0.2, -0.15) is 0 Å². The van der Waals surface area contributed by atoms with Gasteiger partial charge < -0.3 is 70.8 Å². The Kier molecular flexibility index (Phi) is 41.7. The Balaban J connectivity index is 1.09. The van der Waals surface area contributed by atoms with Gasteiger partial charge in [0.25, 0.3) is 0 Å². The highest BCUT2D eigenvalue weighted by molar-refractivity contribution is 8.12. The molecule has 1 fully saturated rings. The van der Waals surface area contributed by atoms with Crippen LogP contribution in [0.2, 0.25) is 0 Å². The van der Waals surface area contributed by atoms with Gasteiger partial charge in [0.05, 0.1) is 12.6 Å². The number of piperidine rings is 1. The van der Waals surface area contributed by atoms with E-state index in [1.165, 1.54) is 73.7 Å². The Bertz CT molecular complexity index is 5050. The number of amides is 13. The Labute approximate surface area is 813 Å². The van der Waals surface area contributed by atoms with Crippen LogP contribution in [0.15, 0.2) is 212 Å². The number of nitrogens with one attached hydrogen (secondary N) is 6. The first-order valence-electron chi connectivity index (χ1n) is 47.5. The molecule has 0 aromatic heterocycles. The number of benzene rings is 7. The Morgan fingerprint density at radius 3 is 1.26 bits per heavy atom. The molecule has 0 unspecified atom stereocenters. The molecule has 13 amide bonds.